The highest BCUT2D eigenvalue weighted by Crippen LogP contribution is 2.54. The van der Waals surface area contributed by atoms with E-state index in [-0.39, 0.29) is 28.7 Å². The van der Waals surface area contributed by atoms with Gasteiger partial charge in [0.2, 0.25) is 11.9 Å². The Morgan fingerprint density at radius 2 is 1.72 bits per heavy atom. The lowest BCUT2D eigenvalue weighted by atomic mass is 9.81. The highest BCUT2D eigenvalue weighted by molar-refractivity contribution is 6.74. The number of carbonyl (C=O) groups is 1. The molecule has 8 nitrogen and oxygen atoms in total. The van der Waals surface area contributed by atoms with Crippen LogP contribution in [-0.4, -0.2) is 53.2 Å². The molecule has 194 valence electrons. The number of amides is 1. The number of nitrogens with zero attached hydrogens (tertiary/aromatic N) is 6. The van der Waals surface area contributed by atoms with E-state index < -0.39 is 32.7 Å². The number of hydrogen-bond donors (Lipinski definition) is 0. The molecule has 36 heavy (non-hydrogen) atoms. The molecule has 4 heterocycles. The first-order valence-electron chi connectivity index (χ1n) is 12.2. The molecule has 12 heteroatoms. The molecule has 1 saturated heterocycles. The summed E-state index contributed by atoms with van der Waals surface area (Å²) in [6.07, 6.45) is 6.11. The minimum Gasteiger partial charge on any atom is -0.409 e. The van der Waals surface area contributed by atoms with Crippen molar-refractivity contribution in [3.05, 3.63) is 28.9 Å². The number of aromatic nitrogens is 4. The predicted molar refractivity (Wildman–Crippen MR) is 136 cm³/mol. The van der Waals surface area contributed by atoms with Gasteiger partial charge < -0.3 is 9.33 Å². The largest absolute Gasteiger partial charge is 0.409 e. The third-order valence-corrected chi connectivity index (χ3v) is 12.8. The zero-order valence-electron chi connectivity index (χ0n) is 21.2. The molecule has 5 rings (SSSR count). The molecular formula is C24H31ClF2N6O2Si. The highest BCUT2D eigenvalue weighted by atomic mass is 35.5. The van der Waals surface area contributed by atoms with Crippen molar-refractivity contribution in [2.75, 3.05) is 22.9 Å². The van der Waals surface area contributed by atoms with E-state index >= 15 is 0 Å². The van der Waals surface area contributed by atoms with E-state index in [4.69, 9.17) is 21.0 Å². The fourth-order valence-electron chi connectivity index (χ4n) is 4.91. The SMILES string of the molecule is CC(C)(C)[Si](C)(C)OCc1nc(Cl)c2c(n1)N(c1cnc(N3CC(F)(F)C3)nc1)C(=O)C21CCCC1. The molecular weight excluding hydrogens is 506 g/mol. The summed E-state index contributed by atoms with van der Waals surface area (Å²) in [6, 6.07) is 0. The maximum Gasteiger partial charge on any atom is 0.282 e. The Bertz CT molecular complexity index is 1190. The van der Waals surface area contributed by atoms with Gasteiger partial charge in [0, 0.05) is 5.56 Å². The van der Waals surface area contributed by atoms with Crippen LogP contribution in [0.2, 0.25) is 23.3 Å². The van der Waals surface area contributed by atoms with Crippen molar-refractivity contribution >= 4 is 43.3 Å². The molecule has 2 fully saturated rings. The van der Waals surface area contributed by atoms with E-state index in [1.165, 1.54) is 22.2 Å². The summed E-state index contributed by atoms with van der Waals surface area (Å²) in [7, 11) is -2.06. The molecule has 1 spiro atoms. The van der Waals surface area contributed by atoms with Crippen molar-refractivity contribution in [3.63, 3.8) is 0 Å². The van der Waals surface area contributed by atoms with Crippen LogP contribution in [0.4, 0.5) is 26.2 Å². The van der Waals surface area contributed by atoms with Gasteiger partial charge in [0.05, 0.1) is 43.2 Å². The molecule has 0 aromatic carbocycles. The van der Waals surface area contributed by atoms with E-state index in [1.807, 2.05) is 0 Å². The fourth-order valence-corrected chi connectivity index (χ4v) is 6.20. The van der Waals surface area contributed by atoms with Crippen LogP contribution in [0.25, 0.3) is 0 Å². The zero-order valence-corrected chi connectivity index (χ0v) is 23.0. The second-order valence-electron chi connectivity index (χ2n) is 11.6. The number of carbonyl (C=O) groups excluding carboxylic acids is 1. The standard InChI is InChI=1S/C24H31ClF2N6O2Si/c1-22(2,3)36(4,5)35-12-16-30-18(25)17-19(31-16)33(20(34)23(17)8-6-7-9-23)15-10-28-21(29-11-15)32-13-24(26,27)14-32/h10-11H,6-9,12-14H2,1-5H3. The number of fused-ring (bicyclic) bond motifs is 2. The van der Waals surface area contributed by atoms with Crippen molar-refractivity contribution < 1.29 is 18.0 Å². The van der Waals surface area contributed by atoms with Crippen molar-refractivity contribution in [1.82, 2.24) is 19.9 Å². The summed E-state index contributed by atoms with van der Waals surface area (Å²) in [5, 5.41) is 0.287. The first-order chi connectivity index (χ1) is 16.7. The summed E-state index contributed by atoms with van der Waals surface area (Å²) in [5.41, 5.74) is 0.296. The topological polar surface area (TPSA) is 84.3 Å². The third-order valence-electron chi connectivity index (χ3n) is 8.03. The number of halogens is 3. The van der Waals surface area contributed by atoms with E-state index in [9.17, 15) is 13.6 Å². The van der Waals surface area contributed by atoms with Gasteiger partial charge in [-0.3, -0.25) is 9.69 Å². The van der Waals surface area contributed by atoms with Crippen LogP contribution in [0.1, 0.15) is 57.8 Å². The number of hydrogen-bond acceptors (Lipinski definition) is 7. The van der Waals surface area contributed by atoms with E-state index in [1.54, 1.807) is 0 Å². The van der Waals surface area contributed by atoms with E-state index in [0.29, 0.717) is 35.7 Å². The van der Waals surface area contributed by atoms with Gasteiger partial charge in [-0.05, 0) is 31.0 Å². The molecule has 0 radical (unpaired) electrons. The summed E-state index contributed by atoms with van der Waals surface area (Å²) < 4.78 is 32.9. The van der Waals surface area contributed by atoms with Crippen molar-refractivity contribution in [2.24, 2.45) is 0 Å². The average molecular weight is 537 g/mol. The third kappa shape index (κ3) is 4.08. The Morgan fingerprint density at radius 3 is 2.28 bits per heavy atom. The average Bonchev–Trinajstić information content (AvgIpc) is 3.35. The maximum atomic E-state index is 13.9. The minimum absolute atomic E-state index is 0.0168. The summed E-state index contributed by atoms with van der Waals surface area (Å²) in [6.45, 7) is 10.1. The number of rotatable bonds is 5. The molecule has 2 aliphatic heterocycles. The lowest BCUT2D eigenvalue weighted by molar-refractivity contribution is -0.122. The predicted octanol–water partition coefficient (Wildman–Crippen LogP) is 5.39. The van der Waals surface area contributed by atoms with Crippen LogP contribution in [-0.2, 0) is 21.2 Å². The van der Waals surface area contributed by atoms with E-state index in [0.717, 1.165) is 12.8 Å². The first-order valence-corrected chi connectivity index (χ1v) is 15.5. The minimum atomic E-state index is -2.72. The second kappa shape index (κ2) is 8.39. The first kappa shape index (κ1) is 25.4. The quantitative estimate of drug-likeness (QED) is 0.374. The maximum absolute atomic E-state index is 13.9. The Hall–Kier alpha value is -2.24. The van der Waals surface area contributed by atoms with Crippen molar-refractivity contribution in [3.8, 4) is 0 Å². The zero-order chi connectivity index (χ0) is 26.1. The number of anilines is 3. The van der Waals surface area contributed by atoms with Gasteiger partial charge in [0.15, 0.2) is 14.1 Å². The van der Waals surface area contributed by atoms with Crippen LogP contribution in [0.15, 0.2) is 12.4 Å². The smallest absolute Gasteiger partial charge is 0.282 e. The molecule has 3 aliphatic rings. The van der Waals surface area contributed by atoms with Gasteiger partial charge >= 0.3 is 0 Å². The monoisotopic (exact) mass is 536 g/mol. The molecule has 0 atom stereocenters. The van der Waals surface area contributed by atoms with Gasteiger partial charge in [-0.2, -0.15) is 0 Å². The second-order valence-corrected chi connectivity index (χ2v) is 16.7. The van der Waals surface area contributed by atoms with Gasteiger partial charge in [-0.1, -0.05) is 45.2 Å². The lowest BCUT2D eigenvalue weighted by Crippen LogP contribution is -2.57. The molecule has 1 amide bonds. The molecule has 1 saturated carbocycles. The van der Waals surface area contributed by atoms with Crippen LogP contribution < -0.4 is 9.80 Å². The molecule has 2 aromatic rings. The molecule has 2 aromatic heterocycles. The Balaban J connectivity index is 1.50. The summed E-state index contributed by atoms with van der Waals surface area (Å²) >= 11 is 6.74. The fraction of sp³-hybridized carbons (Fsp3) is 0.625. The van der Waals surface area contributed by atoms with Gasteiger partial charge in [0.25, 0.3) is 5.92 Å². The Morgan fingerprint density at radius 1 is 1.11 bits per heavy atom. The van der Waals surface area contributed by atoms with Crippen molar-refractivity contribution in [2.45, 2.75) is 82.5 Å². The van der Waals surface area contributed by atoms with Crippen LogP contribution >= 0.6 is 11.6 Å². The Kier molecular flexibility index (Phi) is 5.92. The van der Waals surface area contributed by atoms with Gasteiger partial charge in [-0.25, -0.2) is 28.7 Å². The van der Waals surface area contributed by atoms with Crippen LogP contribution in [0.3, 0.4) is 0 Å². The summed E-state index contributed by atoms with van der Waals surface area (Å²) in [5.74, 6) is -1.80. The molecule has 0 bridgehead atoms. The molecule has 0 N–H and O–H groups in total. The van der Waals surface area contributed by atoms with Crippen LogP contribution in [0, 0.1) is 0 Å². The highest BCUT2D eigenvalue weighted by Gasteiger charge is 2.55. The number of alkyl halides is 2. The Labute approximate surface area is 215 Å². The van der Waals surface area contributed by atoms with Gasteiger partial charge in [0.1, 0.15) is 11.0 Å². The van der Waals surface area contributed by atoms with E-state index in [2.05, 4.69) is 48.8 Å². The molecule has 1 aliphatic carbocycles. The van der Waals surface area contributed by atoms with Gasteiger partial charge in [-0.15, -0.1) is 0 Å². The summed E-state index contributed by atoms with van der Waals surface area (Å²) in [4.78, 5) is 34.6. The van der Waals surface area contributed by atoms with Crippen LogP contribution in [0.5, 0.6) is 0 Å². The van der Waals surface area contributed by atoms with Crippen molar-refractivity contribution in [1.29, 1.82) is 0 Å². The lowest BCUT2D eigenvalue weighted by Gasteiger charge is -2.38. The normalized spacial score (nSPS) is 20.7. The molecule has 0 unspecified atom stereocenters.